The Bertz CT molecular complexity index is 288. The molecule has 0 aromatic carbocycles. The van der Waals surface area contributed by atoms with Gasteiger partial charge in [-0.25, -0.2) is 0 Å². The Kier molecular flexibility index (Phi) is 2.65. The number of hydrogen-bond acceptors (Lipinski definition) is 3. The highest BCUT2D eigenvalue weighted by atomic mass is 16.2. The molecule has 0 aromatic rings. The molecule has 2 rings (SSSR count). The number of carbonyl (C=O) groups is 2. The summed E-state index contributed by atoms with van der Waals surface area (Å²) in [4.78, 5) is 26.8. The lowest BCUT2D eigenvalue weighted by Gasteiger charge is -2.38. The maximum Gasteiger partial charge on any atom is 0.312 e. The van der Waals surface area contributed by atoms with E-state index in [0.717, 1.165) is 12.8 Å². The summed E-state index contributed by atoms with van der Waals surface area (Å²) in [6.45, 7) is 3.52. The molecule has 1 saturated heterocycles. The molecule has 84 valence electrons. The minimum Gasteiger partial charge on any atom is -0.329 e. The highest BCUT2D eigenvalue weighted by molar-refractivity contribution is 6.35. The molecular formula is C10H17N3O2. The van der Waals surface area contributed by atoms with Gasteiger partial charge < -0.3 is 15.5 Å². The molecule has 0 aromatic heterocycles. The summed E-state index contributed by atoms with van der Waals surface area (Å²) in [5, 5.41) is 0. The van der Waals surface area contributed by atoms with Crippen molar-refractivity contribution in [2.45, 2.75) is 31.8 Å². The van der Waals surface area contributed by atoms with E-state index in [1.165, 1.54) is 0 Å². The molecule has 5 heteroatoms. The van der Waals surface area contributed by atoms with Crippen LogP contribution in [0, 0.1) is 0 Å². The van der Waals surface area contributed by atoms with Crippen molar-refractivity contribution in [3.8, 4) is 0 Å². The first-order valence-electron chi connectivity index (χ1n) is 5.46. The number of nitrogens with two attached hydrogens (primary N) is 1. The lowest BCUT2D eigenvalue weighted by molar-refractivity contribution is -0.158. The highest BCUT2D eigenvalue weighted by Gasteiger charge is 2.42. The lowest BCUT2D eigenvalue weighted by atomic mass is 10.1. The van der Waals surface area contributed by atoms with Crippen molar-refractivity contribution in [3.05, 3.63) is 0 Å². The fourth-order valence-electron chi connectivity index (χ4n) is 2.07. The van der Waals surface area contributed by atoms with Crippen molar-refractivity contribution < 1.29 is 9.59 Å². The Morgan fingerprint density at radius 1 is 1.33 bits per heavy atom. The van der Waals surface area contributed by atoms with Gasteiger partial charge in [0, 0.05) is 31.7 Å². The second-order valence-electron chi connectivity index (χ2n) is 4.32. The molecule has 0 bridgehead atoms. The van der Waals surface area contributed by atoms with Crippen molar-refractivity contribution in [1.82, 2.24) is 9.80 Å². The zero-order valence-electron chi connectivity index (χ0n) is 8.98. The van der Waals surface area contributed by atoms with Crippen molar-refractivity contribution in [3.63, 3.8) is 0 Å². The Morgan fingerprint density at radius 3 is 2.53 bits per heavy atom. The Labute approximate surface area is 89.2 Å². The van der Waals surface area contributed by atoms with Gasteiger partial charge in [0.25, 0.3) is 0 Å². The van der Waals surface area contributed by atoms with Crippen LogP contribution < -0.4 is 5.73 Å². The van der Waals surface area contributed by atoms with Crippen LogP contribution in [0.1, 0.15) is 19.8 Å². The maximum atomic E-state index is 11.7. The molecule has 2 N–H and O–H groups in total. The summed E-state index contributed by atoms with van der Waals surface area (Å²) >= 11 is 0. The number of hydrogen-bond donors (Lipinski definition) is 1. The third-order valence-corrected chi connectivity index (χ3v) is 3.06. The number of nitrogens with zero attached hydrogens (tertiary/aromatic N) is 2. The fourth-order valence-corrected chi connectivity index (χ4v) is 2.07. The maximum absolute atomic E-state index is 11.7. The van der Waals surface area contributed by atoms with Crippen molar-refractivity contribution in [2.24, 2.45) is 5.73 Å². The van der Waals surface area contributed by atoms with E-state index >= 15 is 0 Å². The van der Waals surface area contributed by atoms with Gasteiger partial charge in [-0.3, -0.25) is 9.59 Å². The first-order valence-corrected chi connectivity index (χ1v) is 5.46. The third kappa shape index (κ3) is 1.84. The number of amides is 2. The van der Waals surface area contributed by atoms with E-state index in [-0.39, 0.29) is 17.9 Å². The normalized spacial score (nSPS) is 27.5. The van der Waals surface area contributed by atoms with E-state index in [2.05, 4.69) is 0 Å². The largest absolute Gasteiger partial charge is 0.329 e. The Morgan fingerprint density at radius 2 is 2.00 bits per heavy atom. The summed E-state index contributed by atoms with van der Waals surface area (Å²) in [7, 11) is 0. The predicted molar refractivity (Wildman–Crippen MR) is 55.0 cm³/mol. The molecule has 0 spiro atoms. The zero-order chi connectivity index (χ0) is 11.0. The summed E-state index contributed by atoms with van der Waals surface area (Å²) < 4.78 is 0. The first kappa shape index (κ1) is 10.4. The molecular weight excluding hydrogens is 194 g/mol. The van der Waals surface area contributed by atoms with Crippen LogP contribution in [0.3, 0.4) is 0 Å². The van der Waals surface area contributed by atoms with Crippen LogP contribution >= 0.6 is 0 Å². The van der Waals surface area contributed by atoms with Crippen LogP contribution in [-0.2, 0) is 9.59 Å². The monoisotopic (exact) mass is 211 g/mol. The van der Waals surface area contributed by atoms with Gasteiger partial charge in [-0.2, -0.15) is 0 Å². The van der Waals surface area contributed by atoms with Crippen LogP contribution in [0.5, 0.6) is 0 Å². The number of rotatable bonds is 3. The summed E-state index contributed by atoms with van der Waals surface area (Å²) in [6, 6.07) is 0.420. The standard InChI is InChI=1S/C10H17N3O2/c1-7-6-13(8-2-3-8)10(15)9(14)12(7)5-4-11/h7-8H,2-6,11H2,1H3. The van der Waals surface area contributed by atoms with Gasteiger partial charge in [0.1, 0.15) is 0 Å². The molecule has 15 heavy (non-hydrogen) atoms. The van der Waals surface area contributed by atoms with E-state index in [9.17, 15) is 9.59 Å². The molecule has 1 aliphatic carbocycles. The molecule has 1 aliphatic heterocycles. The van der Waals surface area contributed by atoms with Crippen LogP contribution in [0.15, 0.2) is 0 Å². The topological polar surface area (TPSA) is 66.6 Å². The van der Waals surface area contributed by atoms with Gasteiger partial charge in [0.05, 0.1) is 0 Å². The molecule has 0 radical (unpaired) electrons. The van der Waals surface area contributed by atoms with Crippen LogP contribution in [0.25, 0.3) is 0 Å². The molecule has 1 saturated carbocycles. The van der Waals surface area contributed by atoms with E-state index < -0.39 is 0 Å². The smallest absolute Gasteiger partial charge is 0.312 e. The quantitative estimate of drug-likeness (QED) is 0.619. The van der Waals surface area contributed by atoms with Gasteiger partial charge in [-0.15, -0.1) is 0 Å². The van der Waals surface area contributed by atoms with Gasteiger partial charge >= 0.3 is 11.8 Å². The SMILES string of the molecule is CC1CN(C2CC2)C(=O)C(=O)N1CCN. The van der Waals surface area contributed by atoms with Gasteiger partial charge in [-0.05, 0) is 19.8 Å². The van der Waals surface area contributed by atoms with Crippen LogP contribution in [0.4, 0.5) is 0 Å². The second kappa shape index (κ2) is 3.81. The molecule has 1 heterocycles. The molecule has 2 fully saturated rings. The van der Waals surface area contributed by atoms with Crippen LogP contribution in [-0.4, -0.2) is 53.3 Å². The lowest BCUT2D eigenvalue weighted by Crippen LogP contribution is -2.60. The molecule has 1 atom stereocenters. The molecule has 2 amide bonds. The van der Waals surface area contributed by atoms with Gasteiger partial charge in [0.15, 0.2) is 0 Å². The average Bonchev–Trinajstić information content (AvgIpc) is 3.02. The predicted octanol–water partition coefficient (Wildman–Crippen LogP) is -0.833. The fraction of sp³-hybridized carbons (Fsp3) is 0.800. The van der Waals surface area contributed by atoms with Crippen LogP contribution in [0.2, 0.25) is 0 Å². The van der Waals surface area contributed by atoms with Gasteiger partial charge in [0.2, 0.25) is 0 Å². The summed E-state index contributed by atoms with van der Waals surface area (Å²) in [5.41, 5.74) is 5.42. The molecule has 1 unspecified atom stereocenters. The van der Waals surface area contributed by atoms with Crippen molar-refractivity contribution >= 4 is 11.8 Å². The minimum absolute atomic E-state index is 0.0966. The third-order valence-electron chi connectivity index (χ3n) is 3.06. The van der Waals surface area contributed by atoms with Crippen molar-refractivity contribution in [1.29, 1.82) is 0 Å². The van der Waals surface area contributed by atoms with E-state index in [4.69, 9.17) is 5.73 Å². The second-order valence-corrected chi connectivity index (χ2v) is 4.32. The number of carbonyl (C=O) groups excluding carboxylic acids is 2. The minimum atomic E-state index is -0.383. The number of piperazine rings is 1. The van der Waals surface area contributed by atoms with E-state index in [1.807, 2.05) is 6.92 Å². The average molecular weight is 211 g/mol. The Hall–Kier alpha value is -1.10. The molecule has 5 nitrogen and oxygen atoms in total. The van der Waals surface area contributed by atoms with Crippen molar-refractivity contribution in [2.75, 3.05) is 19.6 Å². The van der Waals surface area contributed by atoms with Gasteiger partial charge in [-0.1, -0.05) is 0 Å². The zero-order valence-corrected chi connectivity index (χ0v) is 8.98. The molecule has 2 aliphatic rings. The first-order chi connectivity index (χ1) is 7.15. The van der Waals surface area contributed by atoms with E-state index in [1.54, 1.807) is 9.80 Å². The summed E-state index contributed by atoms with van der Waals surface area (Å²) in [6.07, 6.45) is 2.09. The summed E-state index contributed by atoms with van der Waals surface area (Å²) in [5.74, 6) is -0.727. The highest BCUT2D eigenvalue weighted by Crippen LogP contribution is 2.29. The Balaban J connectivity index is 2.08. The van der Waals surface area contributed by atoms with E-state index in [0.29, 0.717) is 25.7 Å².